The summed E-state index contributed by atoms with van der Waals surface area (Å²) in [5, 5.41) is 0. The van der Waals surface area contributed by atoms with Gasteiger partial charge in [-0.3, -0.25) is 20.4 Å². The highest BCUT2D eigenvalue weighted by Gasteiger charge is 2.16. The van der Waals surface area contributed by atoms with Gasteiger partial charge in [-0.25, -0.2) is 0 Å². The second-order valence-corrected chi connectivity index (χ2v) is 5.81. The van der Waals surface area contributed by atoms with Crippen LogP contribution in [0.4, 0.5) is 0 Å². The minimum atomic E-state index is -0.768. The predicted molar refractivity (Wildman–Crippen MR) is 92.8 cm³/mol. The SMILES string of the molecule is COc1ccc(C(=O)NNC(=O)[C@H](C)Oc2cccc(Br)c2)cc1. The Morgan fingerprint density at radius 1 is 1.04 bits per heavy atom. The summed E-state index contributed by atoms with van der Waals surface area (Å²) >= 11 is 3.33. The van der Waals surface area contributed by atoms with Crippen molar-refractivity contribution in [3.63, 3.8) is 0 Å². The highest BCUT2D eigenvalue weighted by atomic mass is 79.9. The van der Waals surface area contributed by atoms with Gasteiger partial charge in [0.25, 0.3) is 11.8 Å². The van der Waals surface area contributed by atoms with Gasteiger partial charge in [0.2, 0.25) is 0 Å². The van der Waals surface area contributed by atoms with Crippen LogP contribution >= 0.6 is 15.9 Å². The minimum absolute atomic E-state index is 0.400. The number of rotatable bonds is 5. The number of nitrogens with one attached hydrogen (secondary N) is 2. The molecule has 0 aliphatic carbocycles. The summed E-state index contributed by atoms with van der Waals surface area (Å²) in [5.74, 6) is 0.303. The number of benzene rings is 2. The molecule has 0 unspecified atom stereocenters. The first-order valence-electron chi connectivity index (χ1n) is 7.16. The number of amides is 2. The van der Waals surface area contributed by atoms with E-state index in [1.54, 1.807) is 56.5 Å². The second-order valence-electron chi connectivity index (χ2n) is 4.89. The van der Waals surface area contributed by atoms with E-state index in [1.165, 1.54) is 0 Å². The van der Waals surface area contributed by atoms with Crippen LogP contribution < -0.4 is 20.3 Å². The van der Waals surface area contributed by atoms with Gasteiger partial charge in [0.1, 0.15) is 11.5 Å². The maximum atomic E-state index is 12.0. The largest absolute Gasteiger partial charge is 0.497 e. The van der Waals surface area contributed by atoms with Gasteiger partial charge in [0.15, 0.2) is 6.10 Å². The molecule has 0 heterocycles. The van der Waals surface area contributed by atoms with Crippen molar-refractivity contribution in [1.82, 2.24) is 10.9 Å². The Kier molecular flexibility index (Phi) is 6.20. The monoisotopic (exact) mass is 392 g/mol. The average Bonchev–Trinajstić information content (AvgIpc) is 2.59. The number of carbonyl (C=O) groups is 2. The summed E-state index contributed by atoms with van der Waals surface area (Å²) in [6, 6.07) is 13.7. The topological polar surface area (TPSA) is 76.7 Å². The van der Waals surface area contributed by atoms with Crippen molar-refractivity contribution in [2.75, 3.05) is 7.11 Å². The molecule has 0 bridgehead atoms. The number of methoxy groups -OCH3 is 1. The molecule has 2 aromatic rings. The van der Waals surface area contributed by atoms with Gasteiger partial charge < -0.3 is 9.47 Å². The van der Waals surface area contributed by atoms with Gasteiger partial charge in [-0.05, 0) is 49.4 Å². The van der Waals surface area contributed by atoms with Crippen LogP contribution in [0, 0.1) is 0 Å². The smallest absolute Gasteiger partial charge is 0.279 e. The molecule has 2 rings (SSSR count). The number of hydrogen-bond acceptors (Lipinski definition) is 4. The maximum absolute atomic E-state index is 12.0. The fourth-order valence-corrected chi connectivity index (χ4v) is 2.21. The van der Waals surface area contributed by atoms with E-state index in [2.05, 4.69) is 26.8 Å². The van der Waals surface area contributed by atoms with E-state index in [1.807, 2.05) is 6.07 Å². The molecule has 0 fully saturated rings. The Labute approximate surface area is 148 Å². The van der Waals surface area contributed by atoms with Gasteiger partial charge >= 0.3 is 0 Å². The molecule has 2 aromatic carbocycles. The molecule has 2 N–H and O–H groups in total. The normalized spacial score (nSPS) is 11.3. The first-order chi connectivity index (χ1) is 11.5. The Hall–Kier alpha value is -2.54. The van der Waals surface area contributed by atoms with Crippen molar-refractivity contribution >= 4 is 27.7 Å². The third kappa shape index (κ3) is 4.99. The predicted octanol–water partition coefficient (Wildman–Crippen LogP) is 2.69. The molecule has 0 aromatic heterocycles. The van der Waals surface area contributed by atoms with Crippen LogP contribution in [0.3, 0.4) is 0 Å². The zero-order chi connectivity index (χ0) is 17.5. The lowest BCUT2D eigenvalue weighted by atomic mass is 10.2. The van der Waals surface area contributed by atoms with Crippen LogP contribution in [0.2, 0.25) is 0 Å². The molecule has 0 aliphatic rings. The molecule has 24 heavy (non-hydrogen) atoms. The summed E-state index contributed by atoms with van der Waals surface area (Å²) in [6.07, 6.45) is -0.768. The van der Waals surface area contributed by atoms with E-state index >= 15 is 0 Å². The minimum Gasteiger partial charge on any atom is -0.497 e. The number of hydrogen-bond donors (Lipinski definition) is 2. The third-order valence-electron chi connectivity index (χ3n) is 3.13. The molecule has 126 valence electrons. The summed E-state index contributed by atoms with van der Waals surface area (Å²) in [4.78, 5) is 23.9. The van der Waals surface area contributed by atoms with Crippen molar-refractivity contribution in [2.24, 2.45) is 0 Å². The zero-order valence-electron chi connectivity index (χ0n) is 13.2. The quantitative estimate of drug-likeness (QED) is 0.766. The summed E-state index contributed by atoms with van der Waals surface area (Å²) in [5.41, 5.74) is 5.08. The summed E-state index contributed by atoms with van der Waals surface area (Å²) in [7, 11) is 1.54. The van der Waals surface area contributed by atoms with Gasteiger partial charge in [0.05, 0.1) is 7.11 Å². The highest BCUT2D eigenvalue weighted by molar-refractivity contribution is 9.10. The molecule has 0 saturated heterocycles. The van der Waals surface area contributed by atoms with Crippen LogP contribution in [0.5, 0.6) is 11.5 Å². The van der Waals surface area contributed by atoms with Gasteiger partial charge in [-0.15, -0.1) is 0 Å². The number of hydrazine groups is 1. The Morgan fingerprint density at radius 3 is 2.38 bits per heavy atom. The van der Waals surface area contributed by atoms with E-state index < -0.39 is 17.9 Å². The van der Waals surface area contributed by atoms with Crippen LogP contribution in [0.1, 0.15) is 17.3 Å². The molecule has 6 nitrogen and oxygen atoms in total. The average molecular weight is 393 g/mol. The molecular weight excluding hydrogens is 376 g/mol. The standard InChI is InChI=1S/C17H17BrN2O4/c1-11(24-15-5-3-4-13(18)10-15)16(21)19-20-17(22)12-6-8-14(23-2)9-7-12/h3-11H,1-2H3,(H,19,21)(H,20,22)/t11-/m0/s1. The molecule has 1 atom stereocenters. The van der Waals surface area contributed by atoms with Crippen molar-refractivity contribution in [3.05, 3.63) is 58.6 Å². The lowest BCUT2D eigenvalue weighted by Gasteiger charge is -2.15. The van der Waals surface area contributed by atoms with Crippen molar-refractivity contribution < 1.29 is 19.1 Å². The lowest BCUT2D eigenvalue weighted by Crippen LogP contribution is -2.47. The van der Waals surface area contributed by atoms with E-state index in [0.717, 1.165) is 4.47 Å². The first kappa shape index (κ1) is 17.8. The lowest BCUT2D eigenvalue weighted by molar-refractivity contribution is -0.128. The molecule has 0 radical (unpaired) electrons. The van der Waals surface area contributed by atoms with Crippen LogP contribution in [0.15, 0.2) is 53.0 Å². The van der Waals surface area contributed by atoms with Crippen LogP contribution in [-0.4, -0.2) is 25.0 Å². The molecule has 0 saturated carbocycles. The molecule has 2 amide bonds. The van der Waals surface area contributed by atoms with Crippen molar-refractivity contribution in [3.8, 4) is 11.5 Å². The van der Waals surface area contributed by atoms with Crippen molar-refractivity contribution in [2.45, 2.75) is 13.0 Å². The number of halogens is 1. The fraction of sp³-hybridized carbons (Fsp3) is 0.176. The number of ether oxygens (including phenoxy) is 2. The second kappa shape index (κ2) is 8.35. The van der Waals surface area contributed by atoms with Crippen LogP contribution in [-0.2, 0) is 4.79 Å². The zero-order valence-corrected chi connectivity index (χ0v) is 14.8. The van der Waals surface area contributed by atoms with Crippen LogP contribution in [0.25, 0.3) is 0 Å². The van der Waals surface area contributed by atoms with Gasteiger partial charge in [-0.2, -0.15) is 0 Å². The molecule has 0 aliphatic heterocycles. The highest BCUT2D eigenvalue weighted by Crippen LogP contribution is 2.18. The Bertz CT molecular complexity index is 719. The van der Waals surface area contributed by atoms with Crippen molar-refractivity contribution in [1.29, 1.82) is 0 Å². The molecule has 7 heteroatoms. The fourth-order valence-electron chi connectivity index (χ4n) is 1.83. The first-order valence-corrected chi connectivity index (χ1v) is 7.95. The summed E-state index contributed by atoms with van der Waals surface area (Å²) in [6.45, 7) is 1.59. The van der Waals surface area contributed by atoms with E-state index in [4.69, 9.17) is 9.47 Å². The molecule has 0 spiro atoms. The summed E-state index contributed by atoms with van der Waals surface area (Å²) < 4.78 is 11.4. The van der Waals surface area contributed by atoms with E-state index in [-0.39, 0.29) is 0 Å². The maximum Gasteiger partial charge on any atom is 0.279 e. The third-order valence-corrected chi connectivity index (χ3v) is 3.62. The number of carbonyl (C=O) groups excluding carboxylic acids is 2. The molecular formula is C17H17BrN2O4. The Morgan fingerprint density at radius 2 is 1.75 bits per heavy atom. The van der Waals surface area contributed by atoms with Gasteiger partial charge in [0, 0.05) is 10.0 Å². The van der Waals surface area contributed by atoms with Gasteiger partial charge in [-0.1, -0.05) is 22.0 Å². The Balaban J connectivity index is 1.86. The van der Waals surface area contributed by atoms with E-state index in [0.29, 0.717) is 17.1 Å². The van der Waals surface area contributed by atoms with E-state index in [9.17, 15) is 9.59 Å².